The SMILES string of the molecule is Cc1ccc(C(C)NC(=O)CN(c2ccc(Cl)cc2C)S(C)(=O)=O)cc1C. The number of hydrogen-bond donors (Lipinski definition) is 1. The number of anilines is 1. The summed E-state index contributed by atoms with van der Waals surface area (Å²) in [4.78, 5) is 12.5. The Morgan fingerprint density at radius 1 is 1.07 bits per heavy atom. The first-order valence-corrected chi connectivity index (χ1v) is 10.8. The second kappa shape index (κ2) is 8.31. The Hall–Kier alpha value is -2.05. The summed E-state index contributed by atoms with van der Waals surface area (Å²) in [7, 11) is -3.63. The van der Waals surface area contributed by atoms with Gasteiger partial charge in [-0.25, -0.2) is 8.42 Å². The lowest BCUT2D eigenvalue weighted by molar-refractivity contribution is -0.120. The first kappa shape index (κ1) is 21.3. The molecule has 0 bridgehead atoms. The topological polar surface area (TPSA) is 66.5 Å². The van der Waals surface area contributed by atoms with E-state index in [0.29, 0.717) is 16.3 Å². The minimum absolute atomic E-state index is 0.232. The summed E-state index contributed by atoms with van der Waals surface area (Å²) in [6.45, 7) is 7.38. The molecule has 1 atom stereocenters. The minimum Gasteiger partial charge on any atom is -0.348 e. The molecule has 1 unspecified atom stereocenters. The predicted molar refractivity (Wildman–Crippen MR) is 111 cm³/mol. The second-order valence-corrected chi connectivity index (χ2v) is 9.18. The maximum Gasteiger partial charge on any atom is 0.241 e. The van der Waals surface area contributed by atoms with Gasteiger partial charge in [-0.3, -0.25) is 9.10 Å². The van der Waals surface area contributed by atoms with Crippen LogP contribution in [-0.2, 0) is 14.8 Å². The summed E-state index contributed by atoms with van der Waals surface area (Å²) >= 11 is 5.95. The standard InChI is InChI=1S/C20H25ClN2O3S/c1-13-6-7-17(10-14(13)2)16(4)22-20(24)12-23(27(5,25)26)19-9-8-18(21)11-15(19)3/h6-11,16H,12H2,1-5H3,(H,22,24). The second-order valence-electron chi connectivity index (χ2n) is 6.83. The molecule has 0 heterocycles. The molecule has 7 heteroatoms. The van der Waals surface area contributed by atoms with Crippen molar-refractivity contribution in [3.63, 3.8) is 0 Å². The van der Waals surface area contributed by atoms with Gasteiger partial charge in [0.25, 0.3) is 0 Å². The molecule has 5 nitrogen and oxygen atoms in total. The molecule has 0 saturated carbocycles. The van der Waals surface area contributed by atoms with Gasteiger partial charge in [0.2, 0.25) is 15.9 Å². The number of carbonyl (C=O) groups is 1. The van der Waals surface area contributed by atoms with Gasteiger partial charge in [-0.05, 0) is 68.1 Å². The molecular formula is C20H25ClN2O3S. The molecule has 2 aromatic carbocycles. The highest BCUT2D eigenvalue weighted by atomic mass is 35.5. The number of halogens is 1. The van der Waals surface area contributed by atoms with E-state index in [1.165, 1.54) is 5.56 Å². The van der Waals surface area contributed by atoms with Crippen LogP contribution in [0, 0.1) is 20.8 Å². The molecule has 0 aliphatic rings. The van der Waals surface area contributed by atoms with E-state index < -0.39 is 10.0 Å². The van der Waals surface area contributed by atoms with Crippen LogP contribution >= 0.6 is 11.6 Å². The fourth-order valence-corrected chi connectivity index (χ4v) is 3.96. The Labute approximate surface area is 166 Å². The number of nitrogens with one attached hydrogen (secondary N) is 1. The highest BCUT2D eigenvalue weighted by molar-refractivity contribution is 7.92. The normalized spacial score (nSPS) is 12.5. The number of amides is 1. The van der Waals surface area contributed by atoms with Crippen LogP contribution < -0.4 is 9.62 Å². The molecule has 0 spiro atoms. The molecule has 1 amide bonds. The third kappa shape index (κ3) is 5.47. The Kier molecular flexibility index (Phi) is 6.54. The molecule has 0 aromatic heterocycles. The van der Waals surface area contributed by atoms with E-state index in [1.807, 2.05) is 39.0 Å². The van der Waals surface area contributed by atoms with Crippen molar-refractivity contribution in [3.8, 4) is 0 Å². The smallest absolute Gasteiger partial charge is 0.241 e. The van der Waals surface area contributed by atoms with Crippen LogP contribution in [0.25, 0.3) is 0 Å². The summed E-state index contributed by atoms with van der Waals surface area (Å²) in [6, 6.07) is 10.7. The first-order valence-electron chi connectivity index (χ1n) is 8.59. The Balaban J connectivity index is 2.20. The lowest BCUT2D eigenvalue weighted by atomic mass is 10.0. The van der Waals surface area contributed by atoms with Crippen LogP contribution in [0.15, 0.2) is 36.4 Å². The van der Waals surface area contributed by atoms with Crippen LogP contribution in [0.2, 0.25) is 5.02 Å². The zero-order chi connectivity index (χ0) is 20.4. The van der Waals surface area contributed by atoms with Gasteiger partial charge in [0.1, 0.15) is 6.54 Å². The van der Waals surface area contributed by atoms with E-state index in [0.717, 1.165) is 21.7 Å². The van der Waals surface area contributed by atoms with Crippen LogP contribution in [-0.4, -0.2) is 27.1 Å². The zero-order valence-corrected chi connectivity index (χ0v) is 17.8. The molecular weight excluding hydrogens is 384 g/mol. The monoisotopic (exact) mass is 408 g/mol. The molecule has 146 valence electrons. The summed E-state index contributed by atoms with van der Waals surface area (Å²) in [5.41, 5.74) is 4.42. The van der Waals surface area contributed by atoms with Crippen molar-refractivity contribution in [2.24, 2.45) is 0 Å². The molecule has 2 rings (SSSR count). The van der Waals surface area contributed by atoms with E-state index >= 15 is 0 Å². The molecule has 0 aliphatic carbocycles. The van der Waals surface area contributed by atoms with E-state index in [-0.39, 0.29) is 18.5 Å². The first-order chi connectivity index (χ1) is 12.5. The van der Waals surface area contributed by atoms with E-state index in [9.17, 15) is 13.2 Å². The molecule has 0 radical (unpaired) electrons. The average Bonchev–Trinajstić information content (AvgIpc) is 2.54. The van der Waals surface area contributed by atoms with Gasteiger partial charge in [-0.1, -0.05) is 29.8 Å². The maximum atomic E-state index is 12.5. The number of aryl methyl sites for hydroxylation is 3. The molecule has 0 saturated heterocycles. The molecule has 2 aromatic rings. The van der Waals surface area contributed by atoms with Crippen LogP contribution in [0.3, 0.4) is 0 Å². The molecule has 0 fully saturated rings. The van der Waals surface area contributed by atoms with Crippen molar-refractivity contribution in [3.05, 3.63) is 63.7 Å². The summed E-state index contributed by atoms with van der Waals surface area (Å²) in [6.07, 6.45) is 1.08. The van der Waals surface area contributed by atoms with Gasteiger partial charge >= 0.3 is 0 Å². The number of nitrogens with zero attached hydrogens (tertiary/aromatic N) is 1. The van der Waals surface area contributed by atoms with Gasteiger partial charge in [0.05, 0.1) is 18.0 Å². The summed E-state index contributed by atoms with van der Waals surface area (Å²) in [5, 5.41) is 3.39. The lowest BCUT2D eigenvalue weighted by Crippen LogP contribution is -2.41. The van der Waals surface area contributed by atoms with E-state index in [2.05, 4.69) is 5.32 Å². The summed E-state index contributed by atoms with van der Waals surface area (Å²) < 4.78 is 25.6. The van der Waals surface area contributed by atoms with Crippen molar-refractivity contribution in [2.75, 3.05) is 17.1 Å². The van der Waals surface area contributed by atoms with Gasteiger partial charge < -0.3 is 5.32 Å². The lowest BCUT2D eigenvalue weighted by Gasteiger charge is -2.25. The van der Waals surface area contributed by atoms with Crippen molar-refractivity contribution in [1.82, 2.24) is 5.32 Å². The fourth-order valence-electron chi connectivity index (χ4n) is 2.81. The Morgan fingerprint density at radius 2 is 1.74 bits per heavy atom. The number of carbonyl (C=O) groups excluding carboxylic acids is 1. The van der Waals surface area contributed by atoms with Gasteiger partial charge in [0, 0.05) is 5.02 Å². The maximum absolute atomic E-state index is 12.5. The number of rotatable bonds is 6. The zero-order valence-electron chi connectivity index (χ0n) is 16.2. The van der Waals surface area contributed by atoms with Gasteiger partial charge in [-0.15, -0.1) is 0 Å². The molecule has 0 aliphatic heterocycles. The summed E-state index contributed by atoms with van der Waals surface area (Å²) in [5.74, 6) is -0.375. The fraction of sp³-hybridized carbons (Fsp3) is 0.350. The third-order valence-corrected chi connectivity index (χ3v) is 5.89. The van der Waals surface area contributed by atoms with Crippen molar-refractivity contribution in [1.29, 1.82) is 0 Å². The molecule has 27 heavy (non-hydrogen) atoms. The van der Waals surface area contributed by atoms with Crippen LogP contribution in [0.4, 0.5) is 5.69 Å². The van der Waals surface area contributed by atoms with Crippen LogP contribution in [0.5, 0.6) is 0 Å². The predicted octanol–water partition coefficient (Wildman–Crippen LogP) is 3.91. The Morgan fingerprint density at radius 3 is 2.30 bits per heavy atom. The number of benzene rings is 2. The largest absolute Gasteiger partial charge is 0.348 e. The Bertz CT molecular complexity index is 958. The molecule has 1 N–H and O–H groups in total. The average molecular weight is 409 g/mol. The van der Waals surface area contributed by atoms with E-state index in [4.69, 9.17) is 11.6 Å². The highest BCUT2D eigenvalue weighted by Crippen LogP contribution is 2.25. The van der Waals surface area contributed by atoms with Crippen molar-refractivity contribution >= 4 is 33.2 Å². The third-order valence-electron chi connectivity index (χ3n) is 4.52. The highest BCUT2D eigenvalue weighted by Gasteiger charge is 2.23. The van der Waals surface area contributed by atoms with Gasteiger partial charge in [-0.2, -0.15) is 0 Å². The van der Waals surface area contributed by atoms with Gasteiger partial charge in [0.15, 0.2) is 0 Å². The number of sulfonamides is 1. The van der Waals surface area contributed by atoms with Crippen LogP contribution in [0.1, 0.15) is 35.2 Å². The van der Waals surface area contributed by atoms with Crippen molar-refractivity contribution < 1.29 is 13.2 Å². The minimum atomic E-state index is -3.63. The number of hydrogen-bond acceptors (Lipinski definition) is 3. The quantitative estimate of drug-likeness (QED) is 0.787. The van der Waals surface area contributed by atoms with Crippen molar-refractivity contribution in [2.45, 2.75) is 33.7 Å². The van der Waals surface area contributed by atoms with E-state index in [1.54, 1.807) is 25.1 Å².